The van der Waals surface area contributed by atoms with Crippen molar-refractivity contribution in [3.8, 4) is 5.75 Å². The zero-order chi connectivity index (χ0) is 16.9. The Morgan fingerprint density at radius 3 is 3.04 bits per heavy atom. The molecule has 0 aromatic heterocycles. The Kier molecular flexibility index (Phi) is 7.81. The second-order valence-electron chi connectivity index (χ2n) is 6.61. The van der Waals surface area contributed by atoms with Gasteiger partial charge in [0.25, 0.3) is 0 Å². The maximum Gasteiger partial charge on any atom is 0.221 e. The first kappa shape index (κ1) is 20.3. The minimum absolute atomic E-state index is 0. The number of ether oxygens (including phenoxy) is 1. The van der Waals surface area contributed by atoms with Gasteiger partial charge in [0.2, 0.25) is 5.91 Å². The molecule has 25 heavy (non-hydrogen) atoms. The number of hydrogen-bond acceptors (Lipinski definition) is 4. The summed E-state index contributed by atoms with van der Waals surface area (Å²) in [7, 11) is 0. The SMILES string of the molecule is Cl.NCCC(=O)NCC1CCCCN1Cc1cc(Cl)cc2c1OCC2. The number of piperidine rings is 1. The molecule has 5 nitrogen and oxygen atoms in total. The van der Waals surface area contributed by atoms with Gasteiger partial charge in [-0.3, -0.25) is 9.69 Å². The van der Waals surface area contributed by atoms with Crippen LogP contribution in [-0.4, -0.2) is 43.1 Å². The fourth-order valence-corrected chi connectivity index (χ4v) is 3.90. The number of hydrogen-bond donors (Lipinski definition) is 2. The van der Waals surface area contributed by atoms with Crippen LogP contribution in [0, 0.1) is 0 Å². The molecule has 2 aliphatic rings. The number of nitrogens with one attached hydrogen (secondary N) is 1. The number of carbonyl (C=O) groups is 1. The van der Waals surface area contributed by atoms with E-state index >= 15 is 0 Å². The smallest absolute Gasteiger partial charge is 0.221 e. The summed E-state index contributed by atoms with van der Waals surface area (Å²) in [4.78, 5) is 14.1. The van der Waals surface area contributed by atoms with E-state index in [0.29, 0.717) is 25.6 Å². The minimum Gasteiger partial charge on any atom is -0.493 e. The largest absolute Gasteiger partial charge is 0.493 e. The number of carbonyl (C=O) groups excluding carboxylic acids is 1. The molecule has 1 unspecified atom stereocenters. The summed E-state index contributed by atoms with van der Waals surface area (Å²) in [5.41, 5.74) is 7.81. The number of nitrogens with zero attached hydrogens (tertiary/aromatic N) is 1. The zero-order valence-electron chi connectivity index (χ0n) is 14.4. The third-order valence-electron chi connectivity index (χ3n) is 4.85. The predicted octanol–water partition coefficient (Wildman–Crippen LogP) is 2.52. The molecular formula is C18H27Cl2N3O2. The lowest BCUT2D eigenvalue weighted by atomic mass is 10.00. The van der Waals surface area contributed by atoms with Gasteiger partial charge in [-0.1, -0.05) is 18.0 Å². The molecule has 1 aromatic carbocycles. The number of halogens is 2. The van der Waals surface area contributed by atoms with E-state index in [0.717, 1.165) is 48.9 Å². The summed E-state index contributed by atoms with van der Waals surface area (Å²) in [5, 5.41) is 3.79. The van der Waals surface area contributed by atoms with Crippen molar-refractivity contribution in [2.45, 2.75) is 44.7 Å². The second kappa shape index (κ2) is 9.62. The summed E-state index contributed by atoms with van der Waals surface area (Å²) < 4.78 is 5.82. The van der Waals surface area contributed by atoms with Crippen LogP contribution in [0.4, 0.5) is 0 Å². The molecule has 0 bridgehead atoms. The Balaban J connectivity index is 0.00000225. The van der Waals surface area contributed by atoms with Gasteiger partial charge in [-0.05, 0) is 37.1 Å². The summed E-state index contributed by atoms with van der Waals surface area (Å²) in [6.45, 7) is 3.68. The third kappa shape index (κ3) is 5.23. The molecule has 1 amide bonds. The Morgan fingerprint density at radius 1 is 1.40 bits per heavy atom. The molecule has 1 fully saturated rings. The summed E-state index contributed by atoms with van der Waals surface area (Å²) in [6, 6.07) is 4.38. The molecule has 0 spiro atoms. The Morgan fingerprint density at radius 2 is 2.24 bits per heavy atom. The van der Waals surface area contributed by atoms with Gasteiger partial charge in [0.05, 0.1) is 6.61 Å². The van der Waals surface area contributed by atoms with Crippen molar-refractivity contribution < 1.29 is 9.53 Å². The minimum atomic E-state index is 0. The van der Waals surface area contributed by atoms with E-state index in [1.165, 1.54) is 18.4 Å². The van der Waals surface area contributed by atoms with Crippen LogP contribution in [-0.2, 0) is 17.8 Å². The van der Waals surface area contributed by atoms with Gasteiger partial charge in [0.15, 0.2) is 0 Å². The Hall–Kier alpha value is -1.01. The second-order valence-corrected chi connectivity index (χ2v) is 7.05. The first-order valence-corrected chi connectivity index (χ1v) is 9.20. The molecular weight excluding hydrogens is 361 g/mol. The average molecular weight is 388 g/mol. The van der Waals surface area contributed by atoms with Crippen LogP contribution in [0.5, 0.6) is 5.75 Å². The van der Waals surface area contributed by atoms with Crippen LogP contribution in [0.3, 0.4) is 0 Å². The van der Waals surface area contributed by atoms with Gasteiger partial charge in [0.1, 0.15) is 5.75 Å². The topological polar surface area (TPSA) is 67.6 Å². The van der Waals surface area contributed by atoms with E-state index in [9.17, 15) is 4.79 Å². The maximum atomic E-state index is 11.7. The van der Waals surface area contributed by atoms with Crippen molar-refractivity contribution in [1.29, 1.82) is 0 Å². The normalized spacial score (nSPS) is 19.7. The summed E-state index contributed by atoms with van der Waals surface area (Å²) >= 11 is 6.28. The highest BCUT2D eigenvalue weighted by Gasteiger charge is 2.25. The zero-order valence-corrected chi connectivity index (χ0v) is 16.0. The van der Waals surface area contributed by atoms with Gasteiger partial charge in [0, 0.05) is 49.1 Å². The molecule has 1 atom stereocenters. The molecule has 2 heterocycles. The molecule has 1 saturated heterocycles. The van der Waals surface area contributed by atoms with Crippen molar-refractivity contribution in [2.75, 3.05) is 26.2 Å². The van der Waals surface area contributed by atoms with Crippen molar-refractivity contribution in [1.82, 2.24) is 10.2 Å². The van der Waals surface area contributed by atoms with Crippen molar-refractivity contribution >= 4 is 29.9 Å². The standard InChI is InChI=1S/C18H26ClN3O2.ClH/c19-15-9-13-5-8-24-18(13)14(10-15)12-22-7-2-1-3-16(22)11-21-17(23)4-6-20;/h9-10,16H,1-8,11-12,20H2,(H,21,23);1H. The molecule has 1 aromatic rings. The average Bonchev–Trinajstić information content (AvgIpc) is 3.03. The van der Waals surface area contributed by atoms with E-state index in [-0.39, 0.29) is 18.3 Å². The fourth-order valence-electron chi connectivity index (χ4n) is 3.63. The lowest BCUT2D eigenvalue weighted by Gasteiger charge is -2.36. The van der Waals surface area contributed by atoms with Crippen molar-refractivity contribution in [3.05, 3.63) is 28.3 Å². The van der Waals surface area contributed by atoms with E-state index in [1.807, 2.05) is 12.1 Å². The maximum absolute atomic E-state index is 11.7. The van der Waals surface area contributed by atoms with Gasteiger partial charge in [-0.2, -0.15) is 0 Å². The third-order valence-corrected chi connectivity index (χ3v) is 5.07. The number of benzene rings is 1. The highest BCUT2D eigenvalue weighted by molar-refractivity contribution is 6.30. The van der Waals surface area contributed by atoms with E-state index in [1.54, 1.807) is 0 Å². The fraction of sp³-hybridized carbons (Fsp3) is 0.611. The van der Waals surface area contributed by atoms with Crippen molar-refractivity contribution in [2.24, 2.45) is 5.73 Å². The van der Waals surface area contributed by atoms with Crippen LogP contribution in [0.25, 0.3) is 0 Å². The summed E-state index contributed by atoms with van der Waals surface area (Å²) in [6.07, 6.45) is 4.82. The summed E-state index contributed by atoms with van der Waals surface area (Å²) in [5.74, 6) is 1.05. The van der Waals surface area contributed by atoms with E-state index < -0.39 is 0 Å². The molecule has 7 heteroatoms. The van der Waals surface area contributed by atoms with Crippen LogP contribution in [0.2, 0.25) is 5.02 Å². The first-order valence-electron chi connectivity index (χ1n) is 8.82. The van der Waals surface area contributed by atoms with E-state index in [4.69, 9.17) is 22.1 Å². The van der Waals surface area contributed by atoms with Crippen molar-refractivity contribution in [3.63, 3.8) is 0 Å². The van der Waals surface area contributed by atoms with Gasteiger partial charge in [-0.15, -0.1) is 12.4 Å². The van der Waals surface area contributed by atoms with E-state index in [2.05, 4.69) is 10.2 Å². The predicted molar refractivity (Wildman–Crippen MR) is 103 cm³/mol. The molecule has 0 aliphatic carbocycles. The molecule has 2 aliphatic heterocycles. The van der Waals surface area contributed by atoms with Crippen LogP contribution < -0.4 is 15.8 Å². The molecule has 0 radical (unpaired) electrons. The van der Waals surface area contributed by atoms with Gasteiger partial charge in [-0.25, -0.2) is 0 Å². The monoisotopic (exact) mass is 387 g/mol. The quantitative estimate of drug-likeness (QED) is 0.786. The molecule has 140 valence electrons. The number of nitrogens with two attached hydrogens (primary N) is 1. The molecule has 0 saturated carbocycles. The number of rotatable bonds is 6. The van der Waals surface area contributed by atoms with Crippen LogP contribution >= 0.6 is 24.0 Å². The van der Waals surface area contributed by atoms with Crippen LogP contribution in [0.15, 0.2) is 12.1 Å². The number of amides is 1. The van der Waals surface area contributed by atoms with Crippen LogP contribution in [0.1, 0.15) is 36.8 Å². The molecule has 3 rings (SSSR count). The highest BCUT2D eigenvalue weighted by Crippen LogP contribution is 2.34. The molecule has 3 N–H and O–H groups in total. The lowest BCUT2D eigenvalue weighted by molar-refractivity contribution is -0.121. The number of likely N-dealkylation sites (tertiary alicyclic amines) is 1. The first-order chi connectivity index (χ1) is 11.7. The Bertz CT molecular complexity index is 598. The Labute approximate surface area is 160 Å². The van der Waals surface area contributed by atoms with Gasteiger partial charge >= 0.3 is 0 Å². The highest BCUT2D eigenvalue weighted by atomic mass is 35.5. The van der Waals surface area contributed by atoms with Gasteiger partial charge < -0.3 is 15.8 Å². The lowest BCUT2D eigenvalue weighted by Crippen LogP contribution is -2.46. The number of fused-ring (bicyclic) bond motifs is 1.